The standard InChI is InChI=1S/C20H27N3O2S2/c1-13(2)16-7-6-14(3)8-9-23(16)18(24)11-15-12-27-20(21-15)22-19(25)17-5-4-10-26-17/h4-5,10,12-14,16H,6-9,11H2,1-3H3,(H,21,22,25). The molecule has 0 aliphatic carbocycles. The molecule has 1 N–H and O–H groups in total. The van der Waals surface area contributed by atoms with Crippen molar-refractivity contribution in [3.63, 3.8) is 0 Å². The normalized spacial score (nSPS) is 20.5. The average molecular weight is 406 g/mol. The van der Waals surface area contributed by atoms with E-state index in [4.69, 9.17) is 0 Å². The topological polar surface area (TPSA) is 62.3 Å². The van der Waals surface area contributed by atoms with Crippen molar-refractivity contribution in [2.24, 2.45) is 11.8 Å². The summed E-state index contributed by atoms with van der Waals surface area (Å²) < 4.78 is 0. The molecule has 0 bridgehead atoms. The van der Waals surface area contributed by atoms with Crippen molar-refractivity contribution in [1.29, 1.82) is 0 Å². The molecule has 5 nitrogen and oxygen atoms in total. The van der Waals surface area contributed by atoms with Crippen LogP contribution in [0.2, 0.25) is 0 Å². The molecule has 2 aromatic rings. The first-order valence-corrected chi connectivity index (χ1v) is 11.3. The van der Waals surface area contributed by atoms with Gasteiger partial charge in [-0.3, -0.25) is 14.9 Å². The number of thiophene rings is 1. The van der Waals surface area contributed by atoms with Crippen LogP contribution in [0, 0.1) is 11.8 Å². The molecular weight excluding hydrogens is 378 g/mol. The highest BCUT2D eigenvalue weighted by Crippen LogP contribution is 2.27. The monoisotopic (exact) mass is 405 g/mol. The van der Waals surface area contributed by atoms with Gasteiger partial charge < -0.3 is 4.90 Å². The number of likely N-dealkylation sites (tertiary alicyclic amines) is 1. The van der Waals surface area contributed by atoms with Crippen LogP contribution in [0.3, 0.4) is 0 Å². The van der Waals surface area contributed by atoms with Crippen LogP contribution in [-0.2, 0) is 11.2 Å². The van der Waals surface area contributed by atoms with Crippen LogP contribution in [0.15, 0.2) is 22.9 Å². The molecule has 0 aromatic carbocycles. The molecule has 1 aliphatic heterocycles. The Morgan fingerprint density at radius 1 is 1.30 bits per heavy atom. The summed E-state index contributed by atoms with van der Waals surface area (Å²) in [7, 11) is 0. The van der Waals surface area contributed by atoms with E-state index in [0.29, 0.717) is 34.3 Å². The molecule has 27 heavy (non-hydrogen) atoms. The van der Waals surface area contributed by atoms with Crippen LogP contribution in [0.4, 0.5) is 5.13 Å². The molecule has 0 radical (unpaired) electrons. The third-order valence-electron chi connectivity index (χ3n) is 5.16. The lowest BCUT2D eigenvalue weighted by atomic mass is 9.95. The molecule has 3 rings (SSSR count). The Hall–Kier alpha value is -1.73. The van der Waals surface area contributed by atoms with Gasteiger partial charge in [0.2, 0.25) is 5.91 Å². The van der Waals surface area contributed by atoms with Crippen LogP contribution in [0.5, 0.6) is 0 Å². The van der Waals surface area contributed by atoms with Crippen LogP contribution >= 0.6 is 22.7 Å². The van der Waals surface area contributed by atoms with E-state index < -0.39 is 0 Å². The molecule has 7 heteroatoms. The summed E-state index contributed by atoms with van der Waals surface area (Å²) in [5.74, 6) is 1.11. The Morgan fingerprint density at radius 3 is 2.81 bits per heavy atom. The van der Waals surface area contributed by atoms with Gasteiger partial charge in [-0.15, -0.1) is 22.7 Å². The average Bonchev–Trinajstić information content (AvgIpc) is 3.25. The highest BCUT2D eigenvalue weighted by molar-refractivity contribution is 7.14. The van der Waals surface area contributed by atoms with E-state index in [1.54, 1.807) is 6.07 Å². The third-order valence-corrected chi connectivity index (χ3v) is 6.83. The summed E-state index contributed by atoms with van der Waals surface area (Å²) in [6.45, 7) is 7.49. The number of hydrogen-bond donors (Lipinski definition) is 1. The maximum absolute atomic E-state index is 13.0. The van der Waals surface area contributed by atoms with Gasteiger partial charge in [0.05, 0.1) is 17.0 Å². The van der Waals surface area contributed by atoms with E-state index in [1.165, 1.54) is 29.1 Å². The first-order chi connectivity index (χ1) is 12.9. The summed E-state index contributed by atoms with van der Waals surface area (Å²) in [5.41, 5.74) is 0.728. The quantitative estimate of drug-likeness (QED) is 0.786. The second kappa shape index (κ2) is 8.97. The van der Waals surface area contributed by atoms with Crippen molar-refractivity contribution in [1.82, 2.24) is 9.88 Å². The maximum atomic E-state index is 13.0. The van der Waals surface area contributed by atoms with Gasteiger partial charge in [0.15, 0.2) is 5.13 Å². The number of anilines is 1. The summed E-state index contributed by atoms with van der Waals surface area (Å²) in [6.07, 6.45) is 3.61. The first-order valence-electron chi connectivity index (χ1n) is 9.52. The van der Waals surface area contributed by atoms with Gasteiger partial charge in [0.25, 0.3) is 5.91 Å². The number of carbonyl (C=O) groups is 2. The van der Waals surface area contributed by atoms with Crippen LogP contribution in [-0.4, -0.2) is 34.3 Å². The number of carbonyl (C=O) groups excluding carboxylic acids is 2. The Morgan fingerprint density at radius 2 is 2.11 bits per heavy atom. The minimum absolute atomic E-state index is 0.143. The Bertz CT molecular complexity index is 770. The highest BCUT2D eigenvalue weighted by atomic mass is 32.1. The number of nitrogens with one attached hydrogen (secondary N) is 1. The molecule has 2 atom stereocenters. The number of rotatable bonds is 5. The lowest BCUT2D eigenvalue weighted by Gasteiger charge is -2.33. The van der Waals surface area contributed by atoms with Crippen molar-refractivity contribution < 1.29 is 9.59 Å². The Labute approximate surface area is 168 Å². The number of hydrogen-bond acceptors (Lipinski definition) is 5. The number of thiazole rings is 1. The molecule has 1 fully saturated rings. The molecule has 2 amide bonds. The zero-order chi connectivity index (χ0) is 19.4. The fourth-order valence-electron chi connectivity index (χ4n) is 3.55. The molecule has 0 saturated carbocycles. The van der Waals surface area contributed by atoms with E-state index in [1.807, 2.05) is 16.8 Å². The summed E-state index contributed by atoms with van der Waals surface area (Å²) in [4.78, 5) is 32.3. The predicted molar refractivity (Wildman–Crippen MR) is 111 cm³/mol. The predicted octanol–water partition coefficient (Wildman–Crippen LogP) is 4.67. The van der Waals surface area contributed by atoms with Gasteiger partial charge in [-0.25, -0.2) is 4.98 Å². The number of nitrogens with zero attached hydrogens (tertiary/aromatic N) is 2. The molecule has 3 heterocycles. The zero-order valence-corrected chi connectivity index (χ0v) is 17.7. The van der Waals surface area contributed by atoms with Gasteiger partial charge in [-0.2, -0.15) is 0 Å². The van der Waals surface area contributed by atoms with Crippen LogP contribution in [0.25, 0.3) is 0 Å². The number of amides is 2. The smallest absolute Gasteiger partial charge is 0.267 e. The largest absolute Gasteiger partial charge is 0.339 e. The molecule has 2 aromatic heterocycles. The van der Waals surface area contributed by atoms with Crippen molar-refractivity contribution in [3.05, 3.63) is 33.5 Å². The lowest BCUT2D eigenvalue weighted by molar-refractivity contribution is -0.133. The van der Waals surface area contributed by atoms with E-state index in [9.17, 15) is 9.59 Å². The fourth-order valence-corrected chi connectivity index (χ4v) is 4.88. The Kier molecular flexibility index (Phi) is 6.65. The summed E-state index contributed by atoms with van der Waals surface area (Å²) in [6, 6.07) is 3.93. The Balaban J connectivity index is 1.63. The van der Waals surface area contributed by atoms with Gasteiger partial charge in [0.1, 0.15) is 0 Å². The van der Waals surface area contributed by atoms with Gasteiger partial charge in [0, 0.05) is 18.0 Å². The second-order valence-corrected chi connectivity index (χ2v) is 9.43. The number of aromatic nitrogens is 1. The van der Waals surface area contributed by atoms with Crippen LogP contribution < -0.4 is 5.32 Å². The molecule has 146 valence electrons. The minimum atomic E-state index is -0.154. The lowest BCUT2D eigenvalue weighted by Crippen LogP contribution is -2.43. The molecule has 2 unspecified atom stereocenters. The van der Waals surface area contributed by atoms with Crippen LogP contribution in [0.1, 0.15) is 55.4 Å². The third kappa shape index (κ3) is 5.17. The van der Waals surface area contributed by atoms with Gasteiger partial charge in [-0.05, 0) is 42.5 Å². The van der Waals surface area contributed by atoms with E-state index in [0.717, 1.165) is 25.1 Å². The van der Waals surface area contributed by atoms with Crippen molar-refractivity contribution >= 4 is 39.6 Å². The second-order valence-electron chi connectivity index (χ2n) is 7.62. The van der Waals surface area contributed by atoms with E-state index in [-0.39, 0.29) is 11.8 Å². The van der Waals surface area contributed by atoms with Gasteiger partial charge in [-0.1, -0.05) is 26.8 Å². The highest BCUT2D eigenvalue weighted by Gasteiger charge is 2.29. The summed E-state index contributed by atoms with van der Waals surface area (Å²) in [5, 5.41) is 7.09. The summed E-state index contributed by atoms with van der Waals surface area (Å²) >= 11 is 2.76. The van der Waals surface area contributed by atoms with Crippen molar-refractivity contribution in [2.75, 3.05) is 11.9 Å². The molecule has 0 spiro atoms. The van der Waals surface area contributed by atoms with E-state index in [2.05, 4.69) is 36.0 Å². The minimum Gasteiger partial charge on any atom is -0.339 e. The SMILES string of the molecule is CC1CCC(C(C)C)N(C(=O)Cc2csc(NC(=O)c3cccs3)n2)CC1. The van der Waals surface area contributed by atoms with Crippen molar-refractivity contribution in [2.45, 2.75) is 52.5 Å². The van der Waals surface area contributed by atoms with E-state index >= 15 is 0 Å². The van der Waals surface area contributed by atoms with Gasteiger partial charge >= 0.3 is 0 Å². The molecule has 1 aliphatic rings. The molecular formula is C20H27N3O2S2. The molecule has 1 saturated heterocycles. The fraction of sp³-hybridized carbons (Fsp3) is 0.550. The zero-order valence-electron chi connectivity index (χ0n) is 16.1. The van der Waals surface area contributed by atoms with Crippen molar-refractivity contribution in [3.8, 4) is 0 Å². The first kappa shape index (κ1) is 20.0. The maximum Gasteiger partial charge on any atom is 0.267 e.